The fourth-order valence-corrected chi connectivity index (χ4v) is 9.86. The highest BCUT2D eigenvalue weighted by atomic mass is 31.2. The Bertz CT molecular complexity index is 917. The normalized spacial score (nSPS) is 28.5. The second kappa shape index (κ2) is 10.4. The van der Waals surface area contributed by atoms with E-state index in [1.165, 1.54) is 19.3 Å². The van der Waals surface area contributed by atoms with Crippen molar-refractivity contribution in [3.63, 3.8) is 0 Å². The lowest BCUT2D eigenvalue weighted by Gasteiger charge is -2.55. The highest BCUT2D eigenvalue weighted by Crippen LogP contribution is 2.61. The Morgan fingerprint density at radius 3 is 1.83 bits per heavy atom. The Kier molecular flexibility index (Phi) is 8.01. The van der Waals surface area contributed by atoms with Gasteiger partial charge in [0.25, 0.3) is 0 Å². The number of nitrogens with one attached hydrogen (secondary N) is 2. The minimum Gasteiger partial charge on any atom is -0.371 e. The second-order valence-electron chi connectivity index (χ2n) is 13.3. The van der Waals surface area contributed by atoms with Crippen LogP contribution >= 0.6 is 7.60 Å². The summed E-state index contributed by atoms with van der Waals surface area (Å²) in [4.78, 5) is 13.3. The molecule has 4 aliphatic carbocycles. The van der Waals surface area contributed by atoms with E-state index < -0.39 is 13.4 Å². The lowest BCUT2D eigenvalue weighted by molar-refractivity contribution is -0.146. The van der Waals surface area contributed by atoms with Gasteiger partial charge in [0.2, 0.25) is 5.91 Å². The molecule has 36 heavy (non-hydrogen) atoms. The lowest BCUT2D eigenvalue weighted by atomic mass is 9.49. The van der Waals surface area contributed by atoms with Crippen LogP contribution in [0, 0.1) is 28.6 Å². The summed E-state index contributed by atoms with van der Waals surface area (Å²) in [5.41, 5.74) is 1.42. The zero-order chi connectivity index (χ0) is 26.3. The smallest absolute Gasteiger partial charge is 0.353 e. The molecule has 0 radical (unpaired) electrons. The SMILES string of the molecule is CC(C)OP(=O)(OC(C)C)C(Nc1ccc(CNC(=O)C23CC4CC(CC(C4)C2)C3)cc1)C(C)(C)C. The Morgan fingerprint density at radius 1 is 0.944 bits per heavy atom. The van der Waals surface area contributed by atoms with E-state index in [9.17, 15) is 9.36 Å². The van der Waals surface area contributed by atoms with Crippen molar-refractivity contribution in [1.82, 2.24) is 5.32 Å². The lowest BCUT2D eigenvalue weighted by Crippen LogP contribution is -2.53. The summed E-state index contributed by atoms with van der Waals surface area (Å²) in [6, 6.07) is 8.03. The van der Waals surface area contributed by atoms with Crippen molar-refractivity contribution < 1.29 is 18.4 Å². The number of carbonyl (C=O) groups excluding carboxylic acids is 1. The average Bonchev–Trinajstić information content (AvgIpc) is 2.73. The predicted molar refractivity (Wildman–Crippen MR) is 146 cm³/mol. The van der Waals surface area contributed by atoms with Crippen LogP contribution < -0.4 is 10.6 Å². The first-order chi connectivity index (χ1) is 16.8. The Labute approximate surface area is 218 Å². The molecule has 0 spiro atoms. The van der Waals surface area contributed by atoms with Crippen LogP contribution in [0.3, 0.4) is 0 Å². The summed E-state index contributed by atoms with van der Waals surface area (Å²) in [6.07, 6.45) is 6.83. The number of hydrogen-bond donors (Lipinski definition) is 2. The van der Waals surface area contributed by atoms with Crippen LogP contribution in [0.15, 0.2) is 24.3 Å². The fourth-order valence-electron chi connectivity index (χ4n) is 7.14. The van der Waals surface area contributed by atoms with Gasteiger partial charge in [-0.2, -0.15) is 0 Å². The Morgan fingerprint density at radius 2 is 1.42 bits per heavy atom. The number of carbonyl (C=O) groups is 1. The minimum atomic E-state index is -3.46. The van der Waals surface area contributed by atoms with E-state index in [-0.39, 0.29) is 28.9 Å². The van der Waals surface area contributed by atoms with E-state index in [1.807, 2.05) is 72.7 Å². The molecule has 4 aliphatic rings. The summed E-state index contributed by atoms with van der Waals surface area (Å²) < 4.78 is 25.8. The second-order valence-corrected chi connectivity index (χ2v) is 15.4. The predicted octanol–water partition coefficient (Wildman–Crippen LogP) is 7.35. The zero-order valence-electron chi connectivity index (χ0n) is 23.3. The van der Waals surface area contributed by atoms with Gasteiger partial charge < -0.3 is 19.7 Å². The van der Waals surface area contributed by atoms with E-state index >= 15 is 0 Å². The number of hydrogen-bond acceptors (Lipinski definition) is 5. The van der Waals surface area contributed by atoms with Crippen molar-refractivity contribution in [2.45, 2.75) is 112 Å². The first-order valence-corrected chi connectivity index (χ1v) is 15.5. The first kappa shape index (κ1) is 27.7. The monoisotopic (exact) mass is 518 g/mol. The van der Waals surface area contributed by atoms with Crippen LogP contribution in [-0.4, -0.2) is 23.9 Å². The van der Waals surface area contributed by atoms with Crippen molar-refractivity contribution in [3.8, 4) is 0 Å². The Hall–Kier alpha value is -1.36. The standard InChI is InChI=1S/C29H47N2O4P/c1-19(2)34-36(33,35-20(3)4)27(28(5,6)7)31-25-10-8-21(9-11-25)18-30-26(32)29-15-22-12-23(16-29)14-24(13-22)17-29/h8-11,19-20,22-24,27,31H,12-18H2,1-7H3,(H,30,32). The van der Waals surface area contributed by atoms with Gasteiger partial charge in [-0.15, -0.1) is 0 Å². The zero-order valence-corrected chi connectivity index (χ0v) is 24.2. The molecule has 202 valence electrons. The van der Waals surface area contributed by atoms with Crippen LogP contribution in [0.1, 0.15) is 92.6 Å². The van der Waals surface area contributed by atoms with Crippen molar-refractivity contribution >= 4 is 19.2 Å². The minimum absolute atomic E-state index is 0.121. The number of benzene rings is 1. The van der Waals surface area contributed by atoms with Gasteiger partial charge in [-0.1, -0.05) is 32.9 Å². The molecule has 4 fully saturated rings. The highest BCUT2D eigenvalue weighted by Gasteiger charge is 2.54. The van der Waals surface area contributed by atoms with Crippen LogP contribution in [0.2, 0.25) is 0 Å². The van der Waals surface area contributed by atoms with Crippen molar-refractivity contribution in [2.24, 2.45) is 28.6 Å². The van der Waals surface area contributed by atoms with Crippen LogP contribution in [0.4, 0.5) is 5.69 Å². The molecule has 0 aliphatic heterocycles. The quantitative estimate of drug-likeness (QED) is 0.317. The van der Waals surface area contributed by atoms with Gasteiger partial charge >= 0.3 is 7.60 Å². The summed E-state index contributed by atoms with van der Waals surface area (Å²) in [7, 11) is -3.46. The molecular formula is C29H47N2O4P. The van der Waals surface area contributed by atoms with E-state index in [4.69, 9.17) is 9.05 Å². The molecule has 6 nitrogen and oxygen atoms in total. The molecule has 1 atom stereocenters. The molecule has 7 heteroatoms. The molecule has 0 aromatic heterocycles. The maximum Gasteiger partial charge on any atom is 0.353 e. The number of anilines is 1. The topological polar surface area (TPSA) is 76.7 Å². The number of rotatable bonds is 10. The summed E-state index contributed by atoms with van der Waals surface area (Å²) >= 11 is 0. The van der Waals surface area contributed by atoms with Crippen LogP contribution in [0.25, 0.3) is 0 Å². The van der Waals surface area contributed by atoms with E-state index in [0.29, 0.717) is 6.54 Å². The molecule has 2 N–H and O–H groups in total. The van der Waals surface area contributed by atoms with Crippen molar-refractivity contribution in [3.05, 3.63) is 29.8 Å². The Balaban J connectivity index is 1.41. The van der Waals surface area contributed by atoms with Gasteiger partial charge in [-0.05, 0) is 107 Å². The third kappa shape index (κ3) is 6.19. The molecule has 0 heterocycles. The van der Waals surface area contributed by atoms with E-state index in [2.05, 4.69) is 10.6 Å². The maximum atomic E-state index is 13.9. The van der Waals surface area contributed by atoms with Crippen molar-refractivity contribution in [2.75, 3.05) is 5.32 Å². The number of amides is 1. The van der Waals surface area contributed by atoms with Crippen molar-refractivity contribution in [1.29, 1.82) is 0 Å². The molecule has 1 aromatic rings. The summed E-state index contributed by atoms with van der Waals surface area (Å²) in [5.74, 6) is 2.03. The van der Waals surface area contributed by atoms with Crippen LogP contribution in [-0.2, 0) is 25.0 Å². The molecule has 5 rings (SSSR count). The molecular weight excluding hydrogens is 471 g/mol. The maximum absolute atomic E-state index is 13.9. The molecule has 1 unspecified atom stereocenters. The largest absolute Gasteiger partial charge is 0.371 e. The third-order valence-electron chi connectivity index (χ3n) is 8.08. The van der Waals surface area contributed by atoms with Gasteiger partial charge in [-0.25, -0.2) is 0 Å². The fraction of sp³-hybridized carbons (Fsp3) is 0.759. The van der Waals surface area contributed by atoms with Gasteiger partial charge in [-0.3, -0.25) is 9.36 Å². The molecule has 4 saturated carbocycles. The van der Waals surface area contributed by atoms with Crippen LogP contribution in [0.5, 0.6) is 0 Å². The molecule has 0 saturated heterocycles. The van der Waals surface area contributed by atoms with Gasteiger partial charge in [0.1, 0.15) is 5.78 Å². The van der Waals surface area contributed by atoms with E-state index in [1.54, 1.807) is 0 Å². The van der Waals surface area contributed by atoms with E-state index in [0.717, 1.165) is 48.3 Å². The molecule has 1 aromatic carbocycles. The third-order valence-corrected chi connectivity index (χ3v) is 11.0. The highest BCUT2D eigenvalue weighted by molar-refractivity contribution is 7.54. The summed E-state index contributed by atoms with van der Waals surface area (Å²) in [6.45, 7) is 14.2. The summed E-state index contributed by atoms with van der Waals surface area (Å²) in [5, 5.41) is 6.71. The average molecular weight is 519 g/mol. The van der Waals surface area contributed by atoms with Gasteiger partial charge in [0.15, 0.2) is 0 Å². The molecule has 4 bridgehead atoms. The van der Waals surface area contributed by atoms with Gasteiger partial charge in [0.05, 0.1) is 12.2 Å². The molecule has 1 amide bonds. The first-order valence-electron chi connectivity index (χ1n) is 13.9. The van der Waals surface area contributed by atoms with Gasteiger partial charge in [0, 0.05) is 17.6 Å².